The van der Waals surface area contributed by atoms with Gasteiger partial charge >= 0.3 is 0 Å². The standard InChI is InChI=1S/C20H24N2O3.ClH/c21-15-20(10-12-24-13-11-20)19(23)22-17-6-8-18(9-7-17)25-14-16-4-2-1-3-5-16;/h1-9H,10-15,21H2,(H,22,23);1H. The van der Waals surface area contributed by atoms with Gasteiger partial charge in [-0.2, -0.15) is 0 Å². The first-order valence-corrected chi connectivity index (χ1v) is 8.58. The van der Waals surface area contributed by atoms with Crippen LogP contribution in [0.5, 0.6) is 5.75 Å². The van der Waals surface area contributed by atoms with E-state index in [1.54, 1.807) is 0 Å². The fraction of sp³-hybridized carbons (Fsp3) is 0.350. The van der Waals surface area contributed by atoms with Gasteiger partial charge in [-0.15, -0.1) is 12.4 Å². The lowest BCUT2D eigenvalue weighted by atomic mass is 9.79. The minimum atomic E-state index is -0.527. The Balaban J connectivity index is 0.00000243. The number of benzene rings is 2. The average molecular weight is 377 g/mol. The van der Waals surface area contributed by atoms with E-state index in [1.807, 2.05) is 54.6 Å². The maximum atomic E-state index is 12.6. The minimum Gasteiger partial charge on any atom is -0.489 e. The number of anilines is 1. The molecule has 6 heteroatoms. The van der Waals surface area contributed by atoms with Gasteiger partial charge in [-0.25, -0.2) is 0 Å². The molecule has 1 heterocycles. The summed E-state index contributed by atoms with van der Waals surface area (Å²) < 4.78 is 11.1. The largest absolute Gasteiger partial charge is 0.489 e. The van der Waals surface area contributed by atoms with E-state index in [4.69, 9.17) is 15.2 Å². The first-order chi connectivity index (χ1) is 12.2. The highest BCUT2D eigenvalue weighted by molar-refractivity contribution is 5.95. The summed E-state index contributed by atoms with van der Waals surface area (Å²) in [5.74, 6) is 0.734. The van der Waals surface area contributed by atoms with Gasteiger partial charge < -0.3 is 20.5 Å². The van der Waals surface area contributed by atoms with Gasteiger partial charge in [0.25, 0.3) is 0 Å². The molecule has 0 aliphatic carbocycles. The van der Waals surface area contributed by atoms with Gasteiger partial charge in [-0.1, -0.05) is 30.3 Å². The van der Waals surface area contributed by atoms with Gasteiger partial charge in [0.15, 0.2) is 0 Å². The molecule has 0 unspecified atom stereocenters. The van der Waals surface area contributed by atoms with Crippen molar-refractivity contribution in [2.75, 3.05) is 25.1 Å². The fourth-order valence-electron chi connectivity index (χ4n) is 2.93. The van der Waals surface area contributed by atoms with E-state index >= 15 is 0 Å². The number of amides is 1. The van der Waals surface area contributed by atoms with Crippen molar-refractivity contribution in [2.24, 2.45) is 11.1 Å². The van der Waals surface area contributed by atoms with E-state index in [-0.39, 0.29) is 18.3 Å². The molecule has 140 valence electrons. The number of rotatable bonds is 6. The summed E-state index contributed by atoms with van der Waals surface area (Å²) in [7, 11) is 0. The Bertz CT molecular complexity index is 686. The van der Waals surface area contributed by atoms with Crippen LogP contribution in [0.25, 0.3) is 0 Å². The molecule has 1 saturated heterocycles. The fourth-order valence-corrected chi connectivity index (χ4v) is 2.93. The second-order valence-electron chi connectivity index (χ2n) is 6.35. The molecule has 0 aromatic heterocycles. The number of hydrogen-bond acceptors (Lipinski definition) is 4. The molecule has 0 bridgehead atoms. The molecule has 3 N–H and O–H groups in total. The van der Waals surface area contributed by atoms with Crippen molar-refractivity contribution in [3.63, 3.8) is 0 Å². The summed E-state index contributed by atoms with van der Waals surface area (Å²) in [5, 5.41) is 2.97. The van der Waals surface area contributed by atoms with Crippen molar-refractivity contribution in [2.45, 2.75) is 19.4 Å². The molecule has 1 aliphatic rings. The van der Waals surface area contributed by atoms with Crippen LogP contribution in [0.3, 0.4) is 0 Å². The summed E-state index contributed by atoms with van der Waals surface area (Å²) in [6.45, 7) is 2.01. The highest BCUT2D eigenvalue weighted by Gasteiger charge is 2.38. The lowest BCUT2D eigenvalue weighted by Gasteiger charge is -2.34. The number of hydrogen-bond donors (Lipinski definition) is 2. The maximum absolute atomic E-state index is 12.6. The molecule has 26 heavy (non-hydrogen) atoms. The number of carbonyl (C=O) groups is 1. The molecule has 1 fully saturated rings. The van der Waals surface area contributed by atoms with E-state index in [0.29, 0.717) is 39.2 Å². The van der Waals surface area contributed by atoms with E-state index < -0.39 is 5.41 Å². The zero-order chi connectivity index (χ0) is 17.5. The molecule has 5 nitrogen and oxygen atoms in total. The predicted octanol–water partition coefficient (Wildman–Crippen LogP) is 3.38. The second kappa shape index (κ2) is 9.57. The highest BCUT2D eigenvalue weighted by Crippen LogP contribution is 2.31. The lowest BCUT2D eigenvalue weighted by molar-refractivity contribution is -0.130. The van der Waals surface area contributed by atoms with Crippen LogP contribution >= 0.6 is 12.4 Å². The third-order valence-corrected chi connectivity index (χ3v) is 4.68. The molecule has 3 rings (SSSR count). The third kappa shape index (κ3) is 4.97. The van der Waals surface area contributed by atoms with Gasteiger partial charge in [0.1, 0.15) is 12.4 Å². The number of nitrogens with two attached hydrogens (primary N) is 1. The van der Waals surface area contributed by atoms with Crippen molar-refractivity contribution in [3.8, 4) is 5.75 Å². The first-order valence-electron chi connectivity index (χ1n) is 8.58. The van der Waals surface area contributed by atoms with E-state index in [0.717, 1.165) is 17.0 Å². The molecule has 1 aliphatic heterocycles. The molecule has 2 aromatic rings. The van der Waals surface area contributed by atoms with Gasteiger partial charge in [-0.3, -0.25) is 4.79 Å². The third-order valence-electron chi connectivity index (χ3n) is 4.68. The molecule has 0 spiro atoms. The van der Waals surface area contributed by atoms with Crippen LogP contribution in [-0.2, 0) is 16.1 Å². The van der Waals surface area contributed by atoms with Gasteiger partial charge in [0.2, 0.25) is 5.91 Å². The monoisotopic (exact) mass is 376 g/mol. The minimum absolute atomic E-state index is 0. The summed E-state index contributed by atoms with van der Waals surface area (Å²) in [6.07, 6.45) is 1.32. The molecular formula is C20H25ClN2O3. The predicted molar refractivity (Wildman–Crippen MR) is 105 cm³/mol. The second-order valence-corrected chi connectivity index (χ2v) is 6.35. The van der Waals surface area contributed by atoms with Gasteiger partial charge in [-0.05, 0) is 42.7 Å². The number of halogens is 1. The van der Waals surface area contributed by atoms with Crippen LogP contribution in [0.15, 0.2) is 54.6 Å². The summed E-state index contributed by atoms with van der Waals surface area (Å²) in [5.41, 5.74) is 7.21. The van der Waals surface area contributed by atoms with Crippen LogP contribution in [0, 0.1) is 5.41 Å². The van der Waals surface area contributed by atoms with E-state index in [2.05, 4.69) is 5.32 Å². The molecule has 0 saturated carbocycles. The number of ether oxygens (including phenoxy) is 2. The maximum Gasteiger partial charge on any atom is 0.232 e. The van der Waals surface area contributed by atoms with Crippen molar-refractivity contribution >= 4 is 24.0 Å². The Labute approximate surface area is 160 Å². The van der Waals surface area contributed by atoms with Crippen LogP contribution in [0.1, 0.15) is 18.4 Å². The summed E-state index contributed by atoms with van der Waals surface area (Å²) in [6, 6.07) is 17.4. The van der Waals surface area contributed by atoms with Crippen molar-refractivity contribution in [3.05, 3.63) is 60.2 Å². The molecule has 2 aromatic carbocycles. The quantitative estimate of drug-likeness (QED) is 0.810. The Kier molecular flexibility index (Phi) is 7.45. The van der Waals surface area contributed by atoms with Crippen LogP contribution < -0.4 is 15.8 Å². The molecule has 0 radical (unpaired) electrons. The van der Waals surface area contributed by atoms with Crippen molar-refractivity contribution in [1.82, 2.24) is 0 Å². The Morgan fingerprint density at radius 3 is 2.35 bits per heavy atom. The zero-order valence-electron chi connectivity index (χ0n) is 14.6. The van der Waals surface area contributed by atoms with E-state index in [1.165, 1.54) is 0 Å². The normalized spacial score (nSPS) is 15.6. The first kappa shape index (κ1) is 20.2. The van der Waals surface area contributed by atoms with Gasteiger partial charge in [0.05, 0.1) is 5.41 Å². The number of nitrogens with one attached hydrogen (secondary N) is 1. The van der Waals surface area contributed by atoms with Crippen LogP contribution in [0.4, 0.5) is 5.69 Å². The molecule has 0 atom stereocenters. The average Bonchev–Trinajstić information content (AvgIpc) is 2.68. The highest BCUT2D eigenvalue weighted by atomic mass is 35.5. The summed E-state index contributed by atoms with van der Waals surface area (Å²) >= 11 is 0. The Hall–Kier alpha value is -2.08. The van der Waals surface area contributed by atoms with Crippen molar-refractivity contribution < 1.29 is 14.3 Å². The summed E-state index contributed by atoms with van der Waals surface area (Å²) in [4.78, 5) is 12.6. The molecule has 1 amide bonds. The Morgan fingerprint density at radius 2 is 1.73 bits per heavy atom. The topological polar surface area (TPSA) is 73.6 Å². The smallest absolute Gasteiger partial charge is 0.232 e. The number of carbonyl (C=O) groups excluding carboxylic acids is 1. The van der Waals surface area contributed by atoms with Crippen molar-refractivity contribution in [1.29, 1.82) is 0 Å². The van der Waals surface area contributed by atoms with Crippen LogP contribution in [-0.4, -0.2) is 25.7 Å². The molecular weight excluding hydrogens is 352 g/mol. The van der Waals surface area contributed by atoms with Crippen LogP contribution in [0.2, 0.25) is 0 Å². The van der Waals surface area contributed by atoms with Gasteiger partial charge in [0, 0.05) is 25.4 Å². The van der Waals surface area contributed by atoms with E-state index in [9.17, 15) is 4.79 Å². The SMILES string of the molecule is Cl.NCC1(C(=O)Nc2ccc(OCc3ccccc3)cc2)CCOCC1. The Morgan fingerprint density at radius 1 is 1.08 bits per heavy atom. The zero-order valence-corrected chi connectivity index (χ0v) is 15.5. The lowest BCUT2D eigenvalue weighted by Crippen LogP contribution is -2.46.